The first kappa shape index (κ1) is 12.6. The molecule has 0 aromatic rings. The fourth-order valence-corrected chi connectivity index (χ4v) is 4.23. The molecule has 0 bridgehead atoms. The predicted octanol–water partition coefficient (Wildman–Crippen LogP) is 2.81. The summed E-state index contributed by atoms with van der Waals surface area (Å²) < 4.78 is 5.12. The third-order valence-corrected chi connectivity index (χ3v) is 5.10. The zero-order valence-electron chi connectivity index (χ0n) is 11.4. The number of methoxy groups -OCH3 is 1. The van der Waals surface area contributed by atoms with Gasteiger partial charge in [0, 0.05) is 12.8 Å². The fraction of sp³-hybridized carbons (Fsp3) is 0.625. The van der Waals surface area contributed by atoms with Gasteiger partial charge in [-0.1, -0.05) is 18.2 Å². The van der Waals surface area contributed by atoms with Gasteiger partial charge in [0.2, 0.25) is 0 Å². The quantitative estimate of drug-likeness (QED) is 0.538. The van der Waals surface area contributed by atoms with Crippen LogP contribution in [-0.2, 0) is 14.3 Å². The standard InChI is InChI=1S/C16H20O3/c1-19-15(18)16-9-8-13(17)10-12(16)7-6-11-4-2-3-5-14(11)16/h2,4-5,11-12H,3,6-10H2,1H3/t11-,12+,16-/m1/s1. The Morgan fingerprint density at radius 2 is 2.26 bits per heavy atom. The summed E-state index contributed by atoms with van der Waals surface area (Å²) in [6, 6.07) is 0. The van der Waals surface area contributed by atoms with E-state index in [2.05, 4.69) is 18.2 Å². The van der Waals surface area contributed by atoms with Gasteiger partial charge in [0.15, 0.2) is 0 Å². The number of carbonyl (C=O) groups is 2. The van der Waals surface area contributed by atoms with Crippen molar-refractivity contribution in [1.29, 1.82) is 0 Å². The van der Waals surface area contributed by atoms with Crippen molar-refractivity contribution in [3.05, 3.63) is 23.8 Å². The van der Waals surface area contributed by atoms with Crippen molar-refractivity contribution in [2.75, 3.05) is 7.11 Å². The van der Waals surface area contributed by atoms with Crippen molar-refractivity contribution in [3.63, 3.8) is 0 Å². The van der Waals surface area contributed by atoms with Gasteiger partial charge < -0.3 is 4.74 Å². The predicted molar refractivity (Wildman–Crippen MR) is 71.4 cm³/mol. The van der Waals surface area contributed by atoms with Crippen molar-refractivity contribution in [2.24, 2.45) is 17.3 Å². The number of esters is 1. The smallest absolute Gasteiger partial charge is 0.316 e. The molecular weight excluding hydrogens is 240 g/mol. The maximum atomic E-state index is 12.5. The van der Waals surface area contributed by atoms with E-state index >= 15 is 0 Å². The lowest BCUT2D eigenvalue weighted by Crippen LogP contribution is -2.49. The molecule has 3 aliphatic carbocycles. The van der Waals surface area contributed by atoms with Crippen molar-refractivity contribution in [3.8, 4) is 0 Å². The highest BCUT2D eigenvalue weighted by atomic mass is 16.5. The van der Waals surface area contributed by atoms with Gasteiger partial charge >= 0.3 is 5.97 Å². The number of fused-ring (bicyclic) bond motifs is 3. The largest absolute Gasteiger partial charge is 0.468 e. The number of ketones is 1. The van der Waals surface area contributed by atoms with E-state index in [1.165, 1.54) is 12.7 Å². The first-order valence-electron chi connectivity index (χ1n) is 7.16. The van der Waals surface area contributed by atoms with Crippen LogP contribution < -0.4 is 0 Å². The second-order valence-electron chi connectivity index (χ2n) is 5.91. The molecule has 0 saturated heterocycles. The second-order valence-corrected chi connectivity index (χ2v) is 5.91. The number of rotatable bonds is 1. The van der Waals surface area contributed by atoms with Crippen LogP contribution in [0.1, 0.15) is 38.5 Å². The summed E-state index contributed by atoms with van der Waals surface area (Å²) in [6.45, 7) is 0. The van der Waals surface area contributed by atoms with Crippen LogP contribution in [0.4, 0.5) is 0 Å². The summed E-state index contributed by atoms with van der Waals surface area (Å²) in [4.78, 5) is 24.2. The first-order chi connectivity index (χ1) is 9.18. The maximum absolute atomic E-state index is 12.5. The summed E-state index contributed by atoms with van der Waals surface area (Å²) >= 11 is 0. The van der Waals surface area contributed by atoms with Gasteiger partial charge in [0.25, 0.3) is 0 Å². The Bertz CT molecular complexity index is 474. The lowest BCUT2D eigenvalue weighted by molar-refractivity contribution is -0.158. The normalized spacial score (nSPS) is 37.1. The molecule has 3 heteroatoms. The highest BCUT2D eigenvalue weighted by Gasteiger charge is 2.55. The lowest BCUT2D eigenvalue weighted by Gasteiger charge is -2.49. The average molecular weight is 260 g/mol. The number of allylic oxidation sites excluding steroid dienone is 3. The average Bonchev–Trinajstić information content (AvgIpc) is 2.46. The SMILES string of the molecule is COC(=O)[C@]12CCC(=O)C[C@@H]1CC[C@H]1C=CCC=C12. The molecule has 3 nitrogen and oxygen atoms in total. The zero-order valence-corrected chi connectivity index (χ0v) is 11.4. The van der Waals surface area contributed by atoms with Gasteiger partial charge in [-0.2, -0.15) is 0 Å². The monoisotopic (exact) mass is 260 g/mol. The van der Waals surface area contributed by atoms with Crippen LogP contribution in [-0.4, -0.2) is 18.9 Å². The van der Waals surface area contributed by atoms with Crippen LogP contribution in [0.3, 0.4) is 0 Å². The van der Waals surface area contributed by atoms with E-state index in [9.17, 15) is 9.59 Å². The van der Waals surface area contributed by atoms with Crippen molar-refractivity contribution in [1.82, 2.24) is 0 Å². The van der Waals surface area contributed by atoms with E-state index in [0.29, 0.717) is 31.0 Å². The summed E-state index contributed by atoms with van der Waals surface area (Å²) in [6.07, 6.45) is 11.2. The molecule has 3 rings (SSSR count). The topological polar surface area (TPSA) is 43.4 Å². The number of hydrogen-bond donors (Lipinski definition) is 0. The Kier molecular flexibility index (Phi) is 3.08. The molecule has 3 atom stereocenters. The van der Waals surface area contributed by atoms with Crippen LogP contribution in [0.15, 0.2) is 23.8 Å². The summed E-state index contributed by atoms with van der Waals surface area (Å²) in [5.41, 5.74) is 0.710. The molecule has 19 heavy (non-hydrogen) atoms. The van der Waals surface area contributed by atoms with E-state index in [0.717, 1.165) is 19.3 Å². The van der Waals surface area contributed by atoms with Crippen LogP contribution in [0.5, 0.6) is 0 Å². The summed E-state index contributed by atoms with van der Waals surface area (Å²) in [5.74, 6) is 0.693. The van der Waals surface area contributed by atoms with Crippen molar-refractivity contribution < 1.29 is 14.3 Å². The molecule has 0 N–H and O–H groups in total. The minimum Gasteiger partial charge on any atom is -0.468 e. The van der Waals surface area contributed by atoms with Gasteiger partial charge in [-0.25, -0.2) is 0 Å². The molecule has 0 aliphatic heterocycles. The number of Topliss-reactive ketones (excluding diaryl/α,β-unsaturated/α-hetero) is 1. The highest BCUT2D eigenvalue weighted by Crippen LogP contribution is 2.56. The van der Waals surface area contributed by atoms with E-state index in [1.807, 2.05) is 0 Å². The number of carbonyl (C=O) groups excluding carboxylic acids is 2. The third kappa shape index (κ3) is 1.78. The van der Waals surface area contributed by atoms with Crippen molar-refractivity contribution >= 4 is 11.8 Å². The minimum atomic E-state index is -0.518. The molecule has 0 amide bonds. The second kappa shape index (κ2) is 4.62. The third-order valence-electron chi connectivity index (χ3n) is 5.10. The molecule has 0 spiro atoms. The van der Waals surface area contributed by atoms with E-state index in [-0.39, 0.29) is 11.9 Å². The molecule has 2 fully saturated rings. The molecule has 0 aromatic heterocycles. The molecule has 0 aromatic carbocycles. The molecule has 2 saturated carbocycles. The van der Waals surface area contributed by atoms with Gasteiger partial charge in [0.1, 0.15) is 5.78 Å². The minimum absolute atomic E-state index is 0.128. The summed E-state index contributed by atoms with van der Waals surface area (Å²) in [5, 5.41) is 0. The molecule has 102 valence electrons. The molecular formula is C16H20O3. The Balaban J connectivity index is 2.05. The summed E-state index contributed by atoms with van der Waals surface area (Å²) in [7, 11) is 1.47. The van der Waals surface area contributed by atoms with E-state index in [4.69, 9.17) is 4.74 Å². The Labute approximate surface area is 113 Å². The van der Waals surface area contributed by atoms with E-state index in [1.54, 1.807) is 0 Å². The molecule has 0 heterocycles. The van der Waals surface area contributed by atoms with Crippen LogP contribution in [0.2, 0.25) is 0 Å². The molecule has 0 unspecified atom stereocenters. The fourth-order valence-electron chi connectivity index (χ4n) is 4.23. The van der Waals surface area contributed by atoms with Gasteiger partial charge in [-0.15, -0.1) is 0 Å². The Hall–Kier alpha value is -1.38. The zero-order chi connectivity index (χ0) is 13.5. The van der Waals surface area contributed by atoms with Crippen molar-refractivity contribution in [2.45, 2.75) is 38.5 Å². The maximum Gasteiger partial charge on any atom is 0.316 e. The number of hydrogen-bond acceptors (Lipinski definition) is 3. The van der Waals surface area contributed by atoms with Crippen LogP contribution >= 0.6 is 0 Å². The van der Waals surface area contributed by atoms with E-state index < -0.39 is 5.41 Å². The first-order valence-corrected chi connectivity index (χ1v) is 7.16. The Morgan fingerprint density at radius 1 is 1.42 bits per heavy atom. The lowest BCUT2D eigenvalue weighted by atomic mass is 9.53. The molecule has 0 radical (unpaired) electrons. The van der Waals surface area contributed by atoms with Crippen LogP contribution in [0.25, 0.3) is 0 Å². The highest BCUT2D eigenvalue weighted by molar-refractivity contribution is 5.88. The number of ether oxygens (including phenoxy) is 1. The van der Waals surface area contributed by atoms with Gasteiger partial charge in [-0.05, 0) is 43.1 Å². The van der Waals surface area contributed by atoms with Gasteiger partial charge in [-0.3, -0.25) is 9.59 Å². The Morgan fingerprint density at radius 3 is 3.05 bits per heavy atom. The molecule has 3 aliphatic rings. The van der Waals surface area contributed by atoms with Gasteiger partial charge in [0.05, 0.1) is 12.5 Å². The van der Waals surface area contributed by atoms with Crippen LogP contribution in [0, 0.1) is 17.3 Å².